The van der Waals surface area contributed by atoms with E-state index in [1.165, 1.54) is 24.3 Å². The lowest BCUT2D eigenvalue weighted by atomic mass is 10.2. The van der Waals surface area contributed by atoms with Crippen molar-refractivity contribution in [1.82, 2.24) is 5.32 Å². The van der Waals surface area contributed by atoms with Crippen LogP contribution in [0.2, 0.25) is 0 Å². The normalized spacial score (nSPS) is 10.8. The second-order valence-corrected chi connectivity index (χ2v) is 3.11. The molecule has 6 heteroatoms. The Labute approximate surface area is 95.9 Å². The molecule has 1 aromatic rings. The number of ether oxygens (including phenoxy) is 1. The molecule has 0 saturated heterocycles. The molecule has 92 valence electrons. The van der Waals surface area contributed by atoms with Crippen LogP contribution in [0.25, 0.3) is 0 Å². The van der Waals surface area contributed by atoms with Crippen molar-refractivity contribution in [3.63, 3.8) is 0 Å². The third-order valence-electron chi connectivity index (χ3n) is 1.81. The lowest BCUT2D eigenvalue weighted by Gasteiger charge is -2.09. The summed E-state index contributed by atoms with van der Waals surface area (Å²) in [6.45, 7) is 3.49. The van der Waals surface area contributed by atoms with Gasteiger partial charge in [0.15, 0.2) is 0 Å². The molecule has 1 rings (SSSR count). The van der Waals surface area contributed by atoms with Crippen LogP contribution in [0.1, 0.15) is 5.56 Å². The summed E-state index contributed by atoms with van der Waals surface area (Å²) < 4.78 is 39.3. The van der Waals surface area contributed by atoms with Crippen molar-refractivity contribution in [2.45, 2.75) is 12.9 Å². The maximum Gasteiger partial charge on any atom is 0.573 e. The molecular weight excluding hydrogens is 235 g/mol. The van der Waals surface area contributed by atoms with Crippen molar-refractivity contribution < 1.29 is 22.7 Å². The van der Waals surface area contributed by atoms with Crippen LogP contribution < -0.4 is 10.1 Å². The summed E-state index contributed by atoms with van der Waals surface area (Å²) in [5.41, 5.74) is 0.662. The molecule has 17 heavy (non-hydrogen) atoms. The monoisotopic (exact) mass is 245 g/mol. The van der Waals surface area contributed by atoms with E-state index in [1.54, 1.807) is 0 Å². The first kappa shape index (κ1) is 13.1. The lowest BCUT2D eigenvalue weighted by Crippen LogP contribution is -2.20. The molecule has 3 nitrogen and oxygen atoms in total. The summed E-state index contributed by atoms with van der Waals surface area (Å²) >= 11 is 0. The summed E-state index contributed by atoms with van der Waals surface area (Å²) in [7, 11) is 0. The second kappa shape index (κ2) is 5.38. The van der Waals surface area contributed by atoms with Crippen LogP contribution in [-0.2, 0) is 11.3 Å². The molecule has 0 bridgehead atoms. The minimum atomic E-state index is -4.70. The van der Waals surface area contributed by atoms with Gasteiger partial charge in [-0.15, -0.1) is 13.2 Å². The fourth-order valence-corrected chi connectivity index (χ4v) is 1.07. The number of alkyl halides is 3. The molecule has 0 saturated carbocycles. The number of halogens is 3. The first-order chi connectivity index (χ1) is 7.90. The van der Waals surface area contributed by atoms with E-state index in [1.807, 2.05) is 0 Å². The standard InChI is InChI=1S/C11H10F3NO2/c1-2-10(16)15-7-8-3-5-9(6-4-8)17-11(12,13)14/h2-6H,1,7H2,(H,15,16). The van der Waals surface area contributed by atoms with Gasteiger partial charge in [0.25, 0.3) is 0 Å². The third-order valence-corrected chi connectivity index (χ3v) is 1.81. The van der Waals surface area contributed by atoms with Crippen molar-refractivity contribution in [3.05, 3.63) is 42.5 Å². The van der Waals surface area contributed by atoms with E-state index in [2.05, 4.69) is 16.6 Å². The first-order valence-electron chi connectivity index (χ1n) is 4.65. The topological polar surface area (TPSA) is 38.3 Å². The number of hydrogen-bond donors (Lipinski definition) is 1. The quantitative estimate of drug-likeness (QED) is 0.827. The average molecular weight is 245 g/mol. The van der Waals surface area contributed by atoms with Crippen LogP contribution in [0.3, 0.4) is 0 Å². The number of benzene rings is 1. The van der Waals surface area contributed by atoms with Gasteiger partial charge in [0, 0.05) is 6.54 Å². The highest BCUT2D eigenvalue weighted by molar-refractivity contribution is 5.86. The van der Waals surface area contributed by atoms with E-state index >= 15 is 0 Å². The summed E-state index contributed by atoms with van der Waals surface area (Å²) in [4.78, 5) is 10.8. The predicted molar refractivity (Wildman–Crippen MR) is 55.2 cm³/mol. The zero-order valence-corrected chi connectivity index (χ0v) is 8.75. The molecule has 0 spiro atoms. The molecule has 1 amide bonds. The predicted octanol–water partition coefficient (Wildman–Crippen LogP) is 2.39. The Hall–Kier alpha value is -1.98. The molecule has 0 aliphatic carbocycles. The number of hydrogen-bond acceptors (Lipinski definition) is 2. The van der Waals surface area contributed by atoms with Gasteiger partial charge in [-0.3, -0.25) is 4.79 Å². The summed E-state index contributed by atoms with van der Waals surface area (Å²) in [6, 6.07) is 5.24. The van der Waals surface area contributed by atoms with Gasteiger partial charge in [0.2, 0.25) is 5.91 Å². The Balaban J connectivity index is 2.56. The highest BCUT2D eigenvalue weighted by Crippen LogP contribution is 2.22. The van der Waals surface area contributed by atoms with E-state index in [9.17, 15) is 18.0 Å². The summed E-state index contributed by atoms with van der Waals surface area (Å²) in [6.07, 6.45) is -3.58. The molecule has 0 heterocycles. The van der Waals surface area contributed by atoms with Gasteiger partial charge in [-0.25, -0.2) is 0 Å². The van der Waals surface area contributed by atoms with Crippen LogP contribution in [-0.4, -0.2) is 12.3 Å². The fraction of sp³-hybridized carbons (Fsp3) is 0.182. The maximum atomic E-state index is 11.9. The maximum absolute atomic E-state index is 11.9. The number of amides is 1. The first-order valence-corrected chi connectivity index (χ1v) is 4.65. The molecule has 0 aliphatic heterocycles. The van der Waals surface area contributed by atoms with Gasteiger partial charge in [0.1, 0.15) is 5.75 Å². The van der Waals surface area contributed by atoms with Crippen molar-refractivity contribution in [2.75, 3.05) is 0 Å². The molecule has 0 aromatic heterocycles. The Bertz CT molecular complexity index is 398. The van der Waals surface area contributed by atoms with E-state index < -0.39 is 6.36 Å². The van der Waals surface area contributed by atoms with Gasteiger partial charge in [-0.2, -0.15) is 0 Å². The van der Waals surface area contributed by atoms with Gasteiger partial charge in [0.05, 0.1) is 0 Å². The number of carbonyl (C=O) groups is 1. The third kappa shape index (κ3) is 5.05. The minimum absolute atomic E-state index is 0.219. The zero-order chi connectivity index (χ0) is 12.9. The Morgan fingerprint density at radius 3 is 2.41 bits per heavy atom. The lowest BCUT2D eigenvalue weighted by molar-refractivity contribution is -0.274. The number of rotatable bonds is 4. The Morgan fingerprint density at radius 2 is 1.94 bits per heavy atom. The van der Waals surface area contributed by atoms with Crippen LogP contribution in [0.5, 0.6) is 5.75 Å². The fourth-order valence-electron chi connectivity index (χ4n) is 1.07. The van der Waals surface area contributed by atoms with Gasteiger partial charge in [-0.05, 0) is 23.8 Å². The molecule has 1 aromatic carbocycles. The van der Waals surface area contributed by atoms with Crippen LogP contribution in [0.4, 0.5) is 13.2 Å². The van der Waals surface area contributed by atoms with Crippen LogP contribution in [0, 0.1) is 0 Å². The highest BCUT2D eigenvalue weighted by atomic mass is 19.4. The minimum Gasteiger partial charge on any atom is -0.406 e. The van der Waals surface area contributed by atoms with Gasteiger partial charge < -0.3 is 10.1 Å². The average Bonchev–Trinajstić information content (AvgIpc) is 2.25. The van der Waals surface area contributed by atoms with E-state index in [0.717, 1.165) is 6.08 Å². The Morgan fingerprint density at radius 1 is 1.35 bits per heavy atom. The van der Waals surface area contributed by atoms with Crippen molar-refractivity contribution in [3.8, 4) is 5.75 Å². The largest absolute Gasteiger partial charge is 0.573 e. The molecule has 0 unspecified atom stereocenters. The van der Waals surface area contributed by atoms with Crippen LogP contribution in [0.15, 0.2) is 36.9 Å². The second-order valence-electron chi connectivity index (χ2n) is 3.11. The summed E-state index contributed by atoms with van der Waals surface area (Å²) in [5, 5.41) is 2.50. The summed E-state index contributed by atoms with van der Waals surface area (Å²) in [5.74, 6) is -0.642. The van der Waals surface area contributed by atoms with Gasteiger partial charge in [-0.1, -0.05) is 18.7 Å². The smallest absolute Gasteiger partial charge is 0.406 e. The van der Waals surface area contributed by atoms with Crippen molar-refractivity contribution in [2.24, 2.45) is 0 Å². The van der Waals surface area contributed by atoms with E-state index in [0.29, 0.717) is 5.56 Å². The van der Waals surface area contributed by atoms with Crippen molar-refractivity contribution >= 4 is 5.91 Å². The molecule has 0 atom stereocenters. The highest BCUT2D eigenvalue weighted by Gasteiger charge is 2.30. The molecule has 0 fully saturated rings. The van der Waals surface area contributed by atoms with E-state index in [4.69, 9.17) is 0 Å². The van der Waals surface area contributed by atoms with Gasteiger partial charge >= 0.3 is 6.36 Å². The molecule has 0 radical (unpaired) electrons. The van der Waals surface area contributed by atoms with E-state index in [-0.39, 0.29) is 18.2 Å². The zero-order valence-electron chi connectivity index (χ0n) is 8.75. The van der Waals surface area contributed by atoms with Crippen LogP contribution >= 0.6 is 0 Å². The SMILES string of the molecule is C=CC(=O)NCc1ccc(OC(F)(F)F)cc1. The Kier molecular flexibility index (Phi) is 4.14. The molecule has 1 N–H and O–H groups in total. The van der Waals surface area contributed by atoms with Crippen molar-refractivity contribution in [1.29, 1.82) is 0 Å². The molecule has 0 aliphatic rings. The number of carbonyl (C=O) groups excluding carboxylic acids is 1. The molecular formula is C11H10F3NO2. The number of nitrogens with one attached hydrogen (secondary N) is 1.